The summed E-state index contributed by atoms with van der Waals surface area (Å²) in [6, 6.07) is 0. The van der Waals surface area contributed by atoms with Crippen molar-refractivity contribution >= 4 is 45.7 Å². The van der Waals surface area contributed by atoms with Crippen molar-refractivity contribution in [3.8, 4) is 0 Å². The van der Waals surface area contributed by atoms with Crippen LogP contribution in [0.2, 0.25) is 0 Å². The van der Waals surface area contributed by atoms with Crippen LogP contribution in [-0.2, 0) is 19.2 Å². The van der Waals surface area contributed by atoms with E-state index >= 15 is 0 Å². The van der Waals surface area contributed by atoms with Gasteiger partial charge in [0.25, 0.3) is 0 Å². The Morgan fingerprint density at radius 3 is 1.78 bits per heavy atom. The molecule has 0 aromatic carbocycles. The maximum absolute atomic E-state index is 11.4. The highest BCUT2D eigenvalue weighted by molar-refractivity contribution is 8.14. The first-order valence-corrected chi connectivity index (χ1v) is 8.96. The molecule has 0 rings (SSSR count). The number of rotatable bonds is 8. The van der Waals surface area contributed by atoms with Crippen LogP contribution in [0, 0.1) is 0 Å². The second kappa shape index (κ2) is 14.5. The van der Waals surface area contributed by atoms with Crippen LogP contribution < -0.4 is 0 Å². The van der Waals surface area contributed by atoms with Crippen molar-refractivity contribution in [2.24, 2.45) is 0 Å². The Morgan fingerprint density at radius 1 is 0.957 bits per heavy atom. The van der Waals surface area contributed by atoms with Gasteiger partial charge in [-0.15, -0.1) is 0 Å². The van der Waals surface area contributed by atoms with Gasteiger partial charge in [0, 0.05) is 30.4 Å². The highest BCUT2D eigenvalue weighted by atomic mass is 32.2. The van der Waals surface area contributed by atoms with E-state index in [0.29, 0.717) is 18.1 Å². The topological polar surface area (TPSA) is 112 Å². The van der Waals surface area contributed by atoms with E-state index in [0.717, 1.165) is 18.7 Å². The summed E-state index contributed by atoms with van der Waals surface area (Å²) in [5.41, 5.74) is 0. The van der Waals surface area contributed by atoms with Gasteiger partial charge in [0.15, 0.2) is 10.2 Å². The van der Waals surface area contributed by atoms with Crippen LogP contribution >= 0.6 is 23.5 Å². The largest absolute Gasteiger partial charge is 0.473 e. The molecule has 0 aromatic heterocycles. The Labute approximate surface area is 145 Å². The van der Waals surface area contributed by atoms with Crippen molar-refractivity contribution in [1.29, 1.82) is 0 Å². The molecule has 1 atom stereocenters. The molecule has 0 saturated carbocycles. The predicted octanol–water partition coefficient (Wildman–Crippen LogP) is 1.80. The molecular formula is C14H25NO6S2. The maximum Gasteiger partial charge on any atom is 0.414 e. The SMILES string of the molecule is CCC(=O)SCCC(CN(C)C)SC(=O)CC.O=C(O)C(=O)O. The van der Waals surface area contributed by atoms with E-state index < -0.39 is 11.9 Å². The van der Waals surface area contributed by atoms with E-state index in [-0.39, 0.29) is 10.2 Å². The minimum Gasteiger partial charge on any atom is -0.473 e. The average molecular weight is 367 g/mol. The smallest absolute Gasteiger partial charge is 0.414 e. The van der Waals surface area contributed by atoms with E-state index in [9.17, 15) is 9.59 Å². The molecule has 0 saturated heterocycles. The van der Waals surface area contributed by atoms with E-state index in [1.807, 2.05) is 27.9 Å². The number of carboxylic acid groups (broad SMARTS) is 2. The van der Waals surface area contributed by atoms with Gasteiger partial charge in [-0.3, -0.25) is 9.59 Å². The van der Waals surface area contributed by atoms with Gasteiger partial charge >= 0.3 is 11.9 Å². The van der Waals surface area contributed by atoms with E-state index in [2.05, 4.69) is 4.90 Å². The van der Waals surface area contributed by atoms with Crippen LogP contribution in [0.25, 0.3) is 0 Å². The second-order valence-electron chi connectivity index (χ2n) is 4.70. The Kier molecular flexibility index (Phi) is 15.3. The number of carbonyl (C=O) groups excluding carboxylic acids is 2. The number of thioether (sulfide) groups is 2. The predicted molar refractivity (Wildman–Crippen MR) is 92.9 cm³/mol. The highest BCUT2D eigenvalue weighted by Crippen LogP contribution is 2.20. The average Bonchev–Trinajstić information content (AvgIpc) is 2.46. The molecule has 0 aliphatic carbocycles. The Balaban J connectivity index is 0. The minimum atomic E-state index is -1.82. The monoisotopic (exact) mass is 367 g/mol. The molecule has 1 unspecified atom stereocenters. The third-order valence-electron chi connectivity index (χ3n) is 2.33. The Bertz CT molecular complexity index is 389. The zero-order valence-electron chi connectivity index (χ0n) is 13.9. The van der Waals surface area contributed by atoms with Gasteiger partial charge in [0.2, 0.25) is 0 Å². The molecule has 0 bridgehead atoms. The summed E-state index contributed by atoms with van der Waals surface area (Å²) < 4.78 is 0. The van der Waals surface area contributed by atoms with Crippen molar-refractivity contribution in [2.75, 3.05) is 26.4 Å². The third kappa shape index (κ3) is 17.1. The molecule has 23 heavy (non-hydrogen) atoms. The lowest BCUT2D eigenvalue weighted by molar-refractivity contribution is -0.159. The van der Waals surface area contributed by atoms with Crippen molar-refractivity contribution in [2.45, 2.75) is 38.4 Å². The maximum atomic E-state index is 11.4. The highest BCUT2D eigenvalue weighted by Gasteiger charge is 2.15. The summed E-state index contributed by atoms with van der Waals surface area (Å²) in [5.74, 6) is -2.83. The molecule has 0 heterocycles. The Morgan fingerprint density at radius 2 is 1.43 bits per heavy atom. The van der Waals surface area contributed by atoms with Gasteiger partial charge in [0.05, 0.1) is 0 Å². The number of carbonyl (C=O) groups is 4. The summed E-state index contributed by atoms with van der Waals surface area (Å²) in [7, 11) is 4.02. The summed E-state index contributed by atoms with van der Waals surface area (Å²) in [6.45, 7) is 4.65. The second-order valence-corrected chi connectivity index (χ2v) is 7.21. The third-order valence-corrected chi connectivity index (χ3v) is 4.65. The number of hydrogen-bond acceptors (Lipinski definition) is 7. The number of nitrogens with zero attached hydrogens (tertiary/aromatic N) is 1. The lowest BCUT2D eigenvalue weighted by Gasteiger charge is -2.19. The first-order valence-electron chi connectivity index (χ1n) is 7.09. The molecular weight excluding hydrogens is 342 g/mol. The minimum absolute atomic E-state index is 0.237. The summed E-state index contributed by atoms with van der Waals surface area (Å²) in [6.07, 6.45) is 2.07. The van der Waals surface area contributed by atoms with Crippen LogP contribution in [0.5, 0.6) is 0 Å². The first kappa shape index (κ1) is 24.2. The quantitative estimate of drug-likeness (QED) is 0.620. The van der Waals surface area contributed by atoms with Crippen LogP contribution in [0.15, 0.2) is 0 Å². The van der Waals surface area contributed by atoms with Crippen LogP contribution in [0.1, 0.15) is 33.1 Å². The summed E-state index contributed by atoms with van der Waals surface area (Å²) >= 11 is 2.81. The normalized spacial score (nSPS) is 11.3. The molecule has 9 heteroatoms. The van der Waals surface area contributed by atoms with Crippen molar-refractivity contribution in [3.05, 3.63) is 0 Å². The molecule has 0 spiro atoms. The van der Waals surface area contributed by atoms with Crippen LogP contribution in [0.4, 0.5) is 0 Å². The summed E-state index contributed by atoms with van der Waals surface area (Å²) in [4.78, 5) is 42.9. The van der Waals surface area contributed by atoms with Gasteiger partial charge in [-0.25, -0.2) is 9.59 Å². The Hall–Kier alpha value is -1.06. The zero-order valence-corrected chi connectivity index (χ0v) is 15.5. The summed E-state index contributed by atoms with van der Waals surface area (Å²) in [5, 5.41) is 15.6. The fourth-order valence-corrected chi connectivity index (χ4v) is 3.40. The van der Waals surface area contributed by atoms with E-state index in [1.165, 1.54) is 23.5 Å². The molecule has 0 aromatic rings. The van der Waals surface area contributed by atoms with Gasteiger partial charge in [-0.1, -0.05) is 37.4 Å². The van der Waals surface area contributed by atoms with Crippen LogP contribution in [-0.4, -0.2) is 68.9 Å². The van der Waals surface area contributed by atoms with E-state index in [1.54, 1.807) is 0 Å². The first-order chi connectivity index (χ1) is 10.6. The van der Waals surface area contributed by atoms with Gasteiger partial charge in [-0.2, -0.15) is 0 Å². The molecule has 0 fully saturated rings. The molecule has 0 aliphatic heterocycles. The number of carboxylic acids is 2. The molecule has 7 nitrogen and oxygen atoms in total. The molecule has 2 N–H and O–H groups in total. The number of aliphatic carboxylic acids is 2. The fraction of sp³-hybridized carbons (Fsp3) is 0.714. The lowest BCUT2D eigenvalue weighted by Crippen LogP contribution is -2.25. The van der Waals surface area contributed by atoms with Crippen LogP contribution in [0.3, 0.4) is 0 Å². The molecule has 0 amide bonds. The standard InChI is InChI=1S/C12H23NO2S2.C2H2O4/c1-5-11(14)16-8-7-10(9-13(3)4)17-12(15)6-2;3-1(4)2(5)6/h10H,5-9H2,1-4H3;(H,3,4)(H,5,6). The van der Waals surface area contributed by atoms with Gasteiger partial charge in [-0.05, 0) is 20.5 Å². The van der Waals surface area contributed by atoms with Gasteiger partial charge < -0.3 is 15.1 Å². The molecule has 134 valence electrons. The molecule has 0 aliphatic rings. The zero-order chi connectivity index (χ0) is 18.4. The van der Waals surface area contributed by atoms with E-state index in [4.69, 9.17) is 19.8 Å². The van der Waals surface area contributed by atoms with Crippen molar-refractivity contribution in [3.63, 3.8) is 0 Å². The lowest BCUT2D eigenvalue weighted by atomic mass is 10.3. The fourth-order valence-electron chi connectivity index (χ4n) is 1.27. The number of hydrogen-bond donors (Lipinski definition) is 2. The van der Waals surface area contributed by atoms with Crippen molar-refractivity contribution < 1.29 is 29.4 Å². The molecule has 0 radical (unpaired) electrons. The van der Waals surface area contributed by atoms with Gasteiger partial charge in [0.1, 0.15) is 0 Å². The van der Waals surface area contributed by atoms with Crippen molar-refractivity contribution in [1.82, 2.24) is 4.90 Å².